The smallest absolute Gasteiger partial charge is 0.263 e. The van der Waals surface area contributed by atoms with Gasteiger partial charge >= 0.3 is 0 Å². The Labute approximate surface area is 112 Å². The van der Waals surface area contributed by atoms with Gasteiger partial charge in [0, 0.05) is 11.9 Å². The van der Waals surface area contributed by atoms with E-state index >= 15 is 0 Å². The summed E-state index contributed by atoms with van der Waals surface area (Å²) in [6.45, 7) is 2.26. The van der Waals surface area contributed by atoms with Gasteiger partial charge < -0.3 is 0 Å². The molecule has 7 heteroatoms. The molecular weight excluding hydrogens is 262 g/mol. The quantitative estimate of drug-likeness (QED) is 0.617. The summed E-state index contributed by atoms with van der Waals surface area (Å²) in [5.74, 6) is 1.19. The Morgan fingerprint density at radius 2 is 2.26 bits per heavy atom. The second-order valence-electron chi connectivity index (χ2n) is 5.29. The number of tetrazole rings is 1. The summed E-state index contributed by atoms with van der Waals surface area (Å²) >= 11 is 1.67. The van der Waals surface area contributed by atoms with Crippen LogP contribution >= 0.6 is 11.3 Å². The molecule has 0 radical (unpaired) electrons. The Bertz CT molecular complexity index is 858. The van der Waals surface area contributed by atoms with Crippen molar-refractivity contribution in [3.05, 3.63) is 20.8 Å². The minimum absolute atomic E-state index is 0.0179. The predicted molar refractivity (Wildman–Crippen MR) is 72.6 cm³/mol. The molecule has 1 aliphatic rings. The number of aryl methyl sites for hydroxylation is 2. The van der Waals surface area contributed by atoms with E-state index in [0.29, 0.717) is 11.7 Å². The zero-order valence-electron chi connectivity index (χ0n) is 10.8. The lowest BCUT2D eigenvalue weighted by atomic mass is 9.89. The summed E-state index contributed by atoms with van der Waals surface area (Å²) in [5.41, 5.74) is 1.24. The number of fused-ring (bicyclic) bond motifs is 5. The van der Waals surface area contributed by atoms with Crippen molar-refractivity contribution in [2.45, 2.75) is 26.2 Å². The molecule has 0 saturated heterocycles. The SMILES string of the molecule is C[C@H]1CCc2c(sc3c2c(=O)n(C)c2nnnn32)C1. The molecule has 1 atom stereocenters. The lowest BCUT2D eigenvalue weighted by Gasteiger charge is -2.17. The van der Waals surface area contributed by atoms with E-state index in [1.165, 1.54) is 15.0 Å². The topological polar surface area (TPSA) is 65.1 Å². The Kier molecular flexibility index (Phi) is 2.12. The van der Waals surface area contributed by atoms with Crippen molar-refractivity contribution in [3.8, 4) is 0 Å². The maximum absolute atomic E-state index is 12.5. The van der Waals surface area contributed by atoms with Gasteiger partial charge in [-0.2, -0.15) is 4.52 Å². The number of hydrogen-bond donors (Lipinski definition) is 0. The third-order valence-electron chi connectivity index (χ3n) is 3.96. The maximum Gasteiger partial charge on any atom is 0.263 e. The fourth-order valence-electron chi connectivity index (χ4n) is 2.89. The molecule has 0 saturated carbocycles. The van der Waals surface area contributed by atoms with E-state index in [4.69, 9.17) is 0 Å². The van der Waals surface area contributed by atoms with Crippen molar-refractivity contribution in [1.82, 2.24) is 24.6 Å². The van der Waals surface area contributed by atoms with E-state index in [1.54, 1.807) is 22.9 Å². The average molecular weight is 275 g/mol. The number of thiophene rings is 1. The van der Waals surface area contributed by atoms with E-state index < -0.39 is 0 Å². The molecule has 4 rings (SSSR count). The zero-order valence-corrected chi connectivity index (χ0v) is 11.6. The van der Waals surface area contributed by atoms with E-state index in [1.807, 2.05) is 0 Å². The molecule has 0 aromatic carbocycles. The van der Waals surface area contributed by atoms with Crippen LogP contribution in [-0.2, 0) is 19.9 Å². The van der Waals surface area contributed by atoms with Crippen molar-refractivity contribution in [3.63, 3.8) is 0 Å². The normalized spacial score (nSPS) is 19.2. The molecule has 0 bridgehead atoms. The van der Waals surface area contributed by atoms with Gasteiger partial charge in [-0.05, 0) is 41.2 Å². The number of hydrogen-bond acceptors (Lipinski definition) is 5. The van der Waals surface area contributed by atoms with Crippen LogP contribution in [0.25, 0.3) is 16.0 Å². The molecule has 0 aliphatic heterocycles. The molecule has 0 N–H and O–H groups in total. The van der Waals surface area contributed by atoms with Crippen molar-refractivity contribution in [2.24, 2.45) is 13.0 Å². The Hall–Kier alpha value is -1.76. The Morgan fingerprint density at radius 1 is 1.42 bits per heavy atom. The van der Waals surface area contributed by atoms with Crippen molar-refractivity contribution >= 4 is 27.3 Å². The molecule has 0 spiro atoms. The highest BCUT2D eigenvalue weighted by Crippen LogP contribution is 2.36. The van der Waals surface area contributed by atoms with Crippen molar-refractivity contribution < 1.29 is 0 Å². The van der Waals surface area contributed by atoms with E-state index in [9.17, 15) is 4.79 Å². The lowest BCUT2D eigenvalue weighted by molar-refractivity contribution is 0.509. The first-order valence-corrected chi connectivity index (χ1v) is 7.20. The number of nitrogens with zero attached hydrogens (tertiary/aromatic N) is 5. The molecule has 98 valence electrons. The first-order valence-electron chi connectivity index (χ1n) is 6.38. The average Bonchev–Trinajstić information content (AvgIpc) is 2.99. The van der Waals surface area contributed by atoms with Crippen LogP contribution < -0.4 is 5.56 Å². The lowest BCUT2D eigenvalue weighted by Crippen LogP contribution is -2.21. The van der Waals surface area contributed by atoms with Crippen LogP contribution in [0.4, 0.5) is 0 Å². The summed E-state index contributed by atoms with van der Waals surface area (Å²) in [7, 11) is 1.73. The van der Waals surface area contributed by atoms with Crippen LogP contribution in [0, 0.1) is 5.92 Å². The summed E-state index contributed by atoms with van der Waals surface area (Å²) in [6, 6.07) is 0. The van der Waals surface area contributed by atoms with Gasteiger partial charge in [-0.25, -0.2) is 0 Å². The van der Waals surface area contributed by atoms with Crippen molar-refractivity contribution in [1.29, 1.82) is 0 Å². The van der Waals surface area contributed by atoms with Gasteiger partial charge in [0.15, 0.2) is 0 Å². The van der Waals surface area contributed by atoms with Gasteiger partial charge in [-0.15, -0.1) is 11.3 Å². The second kappa shape index (κ2) is 3.63. The molecule has 19 heavy (non-hydrogen) atoms. The van der Waals surface area contributed by atoms with Crippen LogP contribution in [-0.4, -0.2) is 24.6 Å². The van der Waals surface area contributed by atoms with Crippen molar-refractivity contribution in [2.75, 3.05) is 0 Å². The summed E-state index contributed by atoms with van der Waals surface area (Å²) in [6.07, 6.45) is 3.19. The highest BCUT2D eigenvalue weighted by molar-refractivity contribution is 7.18. The molecule has 3 heterocycles. The van der Waals surface area contributed by atoms with Gasteiger partial charge in [0.05, 0.1) is 5.39 Å². The van der Waals surface area contributed by atoms with Gasteiger partial charge in [-0.1, -0.05) is 12.0 Å². The molecule has 0 amide bonds. The highest BCUT2D eigenvalue weighted by atomic mass is 32.1. The van der Waals surface area contributed by atoms with Gasteiger partial charge in [0.1, 0.15) is 4.83 Å². The van der Waals surface area contributed by atoms with Gasteiger partial charge in [0.2, 0.25) is 0 Å². The second-order valence-corrected chi connectivity index (χ2v) is 6.37. The minimum Gasteiger partial charge on any atom is -0.278 e. The van der Waals surface area contributed by atoms with Gasteiger partial charge in [0.25, 0.3) is 11.3 Å². The first-order chi connectivity index (χ1) is 9.16. The summed E-state index contributed by atoms with van der Waals surface area (Å²) in [4.78, 5) is 14.7. The molecule has 3 aromatic rings. The third kappa shape index (κ3) is 1.36. The van der Waals surface area contributed by atoms with Crippen LogP contribution in [0.2, 0.25) is 0 Å². The fourth-order valence-corrected chi connectivity index (χ4v) is 4.33. The minimum atomic E-state index is 0.0179. The molecule has 6 nitrogen and oxygen atoms in total. The molecule has 3 aromatic heterocycles. The standard InChI is InChI=1S/C12H13N5OS/c1-6-3-4-7-8(5-6)19-11-9(7)10(18)16(2)12-13-14-15-17(11)12/h6H,3-5H2,1-2H3/t6-/m0/s1. The molecule has 1 aliphatic carbocycles. The Morgan fingerprint density at radius 3 is 3.11 bits per heavy atom. The zero-order chi connectivity index (χ0) is 13.1. The summed E-state index contributed by atoms with van der Waals surface area (Å²) in [5, 5.41) is 12.4. The number of rotatable bonds is 0. The molecule has 0 fully saturated rings. The molecular formula is C12H13N5OS. The van der Waals surface area contributed by atoms with Crippen LogP contribution in [0.15, 0.2) is 4.79 Å². The largest absolute Gasteiger partial charge is 0.278 e. The van der Waals surface area contributed by atoms with Gasteiger partial charge in [-0.3, -0.25) is 9.36 Å². The fraction of sp³-hybridized carbons (Fsp3) is 0.500. The monoisotopic (exact) mass is 275 g/mol. The number of aromatic nitrogens is 5. The van der Waals surface area contributed by atoms with Crippen LogP contribution in [0.3, 0.4) is 0 Å². The van der Waals surface area contributed by atoms with Crippen LogP contribution in [0.1, 0.15) is 23.8 Å². The first kappa shape index (κ1) is 11.1. The maximum atomic E-state index is 12.5. The third-order valence-corrected chi connectivity index (χ3v) is 5.19. The Balaban J connectivity index is 2.21. The predicted octanol–water partition coefficient (Wildman–Crippen LogP) is 1.16. The highest BCUT2D eigenvalue weighted by Gasteiger charge is 2.24. The van der Waals surface area contributed by atoms with E-state index in [-0.39, 0.29) is 5.56 Å². The van der Waals surface area contributed by atoms with E-state index in [0.717, 1.165) is 29.5 Å². The van der Waals surface area contributed by atoms with Crippen LogP contribution in [0.5, 0.6) is 0 Å². The van der Waals surface area contributed by atoms with E-state index in [2.05, 4.69) is 22.4 Å². The molecule has 0 unspecified atom stereocenters. The summed E-state index contributed by atoms with van der Waals surface area (Å²) < 4.78 is 3.22.